The molecule has 0 saturated carbocycles. The number of pyridine rings is 1. The van der Waals surface area contributed by atoms with Crippen LogP contribution in [0.25, 0.3) is 0 Å². The first kappa shape index (κ1) is 12.8. The van der Waals surface area contributed by atoms with Crippen molar-refractivity contribution in [3.8, 4) is 0 Å². The van der Waals surface area contributed by atoms with E-state index in [0.717, 1.165) is 25.2 Å². The molecule has 1 heterocycles. The van der Waals surface area contributed by atoms with Gasteiger partial charge in [0, 0.05) is 19.1 Å². The zero-order valence-corrected chi connectivity index (χ0v) is 10.8. The smallest absolute Gasteiger partial charge is 0.0575 e. The summed E-state index contributed by atoms with van der Waals surface area (Å²) < 4.78 is 0. The Labute approximate surface area is 98.9 Å². The fourth-order valence-corrected chi connectivity index (χ4v) is 1.80. The third-order valence-corrected chi connectivity index (χ3v) is 2.60. The molecule has 0 bridgehead atoms. The first-order chi connectivity index (χ1) is 7.69. The van der Waals surface area contributed by atoms with Crippen molar-refractivity contribution in [2.75, 3.05) is 23.3 Å². The zero-order valence-electron chi connectivity index (χ0n) is 10.8. The molecule has 0 saturated heterocycles. The number of nitrogens with zero attached hydrogens (tertiary/aromatic N) is 2. The highest BCUT2D eigenvalue weighted by atomic mass is 15.2. The molecule has 0 amide bonds. The number of hydrogen-bond donors (Lipinski definition) is 1. The highest BCUT2D eigenvalue weighted by Crippen LogP contribution is 2.19. The summed E-state index contributed by atoms with van der Waals surface area (Å²) >= 11 is 0. The van der Waals surface area contributed by atoms with Gasteiger partial charge in [0.1, 0.15) is 0 Å². The van der Waals surface area contributed by atoms with Crippen molar-refractivity contribution in [2.24, 2.45) is 0 Å². The van der Waals surface area contributed by atoms with Crippen molar-refractivity contribution < 1.29 is 0 Å². The average molecular weight is 221 g/mol. The molecule has 3 heteroatoms. The van der Waals surface area contributed by atoms with Crippen molar-refractivity contribution in [1.29, 1.82) is 0 Å². The maximum atomic E-state index is 4.28. The number of aromatic nitrogens is 1. The average Bonchev–Trinajstić information content (AvgIpc) is 2.27. The first-order valence-corrected chi connectivity index (χ1v) is 6.14. The van der Waals surface area contributed by atoms with Crippen molar-refractivity contribution in [2.45, 2.75) is 40.2 Å². The summed E-state index contributed by atoms with van der Waals surface area (Å²) in [5.41, 5.74) is 2.30. The van der Waals surface area contributed by atoms with Crippen molar-refractivity contribution >= 4 is 11.4 Å². The summed E-state index contributed by atoms with van der Waals surface area (Å²) in [5, 5.41) is 3.36. The maximum Gasteiger partial charge on any atom is 0.0575 e. The second-order valence-corrected chi connectivity index (χ2v) is 4.24. The van der Waals surface area contributed by atoms with Gasteiger partial charge in [-0.25, -0.2) is 0 Å². The lowest BCUT2D eigenvalue weighted by molar-refractivity contribution is 0.702. The second kappa shape index (κ2) is 6.36. The zero-order chi connectivity index (χ0) is 12.0. The van der Waals surface area contributed by atoms with Crippen LogP contribution in [0.1, 0.15) is 34.1 Å². The minimum atomic E-state index is 0.508. The van der Waals surface area contributed by atoms with Crippen molar-refractivity contribution in [3.63, 3.8) is 0 Å². The van der Waals surface area contributed by atoms with E-state index in [1.807, 2.05) is 12.4 Å². The Morgan fingerprint density at radius 1 is 1.31 bits per heavy atom. The van der Waals surface area contributed by atoms with Gasteiger partial charge in [-0.15, -0.1) is 0 Å². The summed E-state index contributed by atoms with van der Waals surface area (Å²) in [5.74, 6) is 0. The van der Waals surface area contributed by atoms with E-state index < -0.39 is 0 Å². The van der Waals surface area contributed by atoms with E-state index in [0.29, 0.717) is 6.04 Å². The van der Waals surface area contributed by atoms with Crippen molar-refractivity contribution in [3.05, 3.63) is 18.5 Å². The standard InChI is InChI=1S/C13H23N3/c1-5-7-15-12-8-13(10-14-9-12)16(6-2)11(3)4/h8-11,15H,5-7H2,1-4H3. The molecule has 0 aromatic carbocycles. The molecule has 1 N–H and O–H groups in total. The van der Waals surface area contributed by atoms with E-state index in [9.17, 15) is 0 Å². The molecule has 3 nitrogen and oxygen atoms in total. The minimum absolute atomic E-state index is 0.508. The molecule has 0 unspecified atom stereocenters. The van der Waals surface area contributed by atoms with Gasteiger partial charge in [0.2, 0.25) is 0 Å². The highest BCUT2D eigenvalue weighted by Gasteiger charge is 2.08. The molecule has 1 aromatic rings. The van der Waals surface area contributed by atoms with Gasteiger partial charge in [-0.05, 0) is 33.3 Å². The Bertz CT molecular complexity index is 310. The predicted octanol–water partition coefficient (Wildman–Crippen LogP) is 3.14. The molecule has 0 aliphatic rings. The van der Waals surface area contributed by atoms with E-state index >= 15 is 0 Å². The van der Waals surface area contributed by atoms with E-state index in [1.165, 1.54) is 5.69 Å². The van der Waals surface area contributed by atoms with Gasteiger partial charge in [-0.3, -0.25) is 4.98 Å². The van der Waals surface area contributed by atoms with Gasteiger partial charge in [0.05, 0.1) is 23.8 Å². The Morgan fingerprint density at radius 2 is 2.06 bits per heavy atom. The molecular formula is C13H23N3. The summed E-state index contributed by atoms with van der Waals surface area (Å²) in [6.07, 6.45) is 4.94. The fraction of sp³-hybridized carbons (Fsp3) is 0.615. The van der Waals surface area contributed by atoms with Crippen LogP contribution in [0, 0.1) is 0 Å². The summed E-state index contributed by atoms with van der Waals surface area (Å²) in [7, 11) is 0. The number of anilines is 2. The van der Waals surface area contributed by atoms with E-state index in [4.69, 9.17) is 0 Å². The molecule has 90 valence electrons. The molecule has 0 spiro atoms. The van der Waals surface area contributed by atoms with Crippen LogP contribution < -0.4 is 10.2 Å². The lowest BCUT2D eigenvalue weighted by Crippen LogP contribution is -2.30. The Balaban J connectivity index is 2.79. The molecule has 0 aliphatic heterocycles. The van der Waals surface area contributed by atoms with Crippen LogP contribution in [0.4, 0.5) is 11.4 Å². The van der Waals surface area contributed by atoms with Crippen LogP contribution >= 0.6 is 0 Å². The molecule has 0 atom stereocenters. The molecule has 0 radical (unpaired) electrons. The van der Waals surface area contributed by atoms with Crippen LogP contribution in [0.5, 0.6) is 0 Å². The molecule has 1 rings (SSSR count). The van der Waals surface area contributed by atoms with Gasteiger partial charge < -0.3 is 10.2 Å². The lowest BCUT2D eigenvalue weighted by atomic mass is 10.2. The van der Waals surface area contributed by atoms with Crippen LogP contribution in [-0.2, 0) is 0 Å². The highest BCUT2D eigenvalue weighted by molar-refractivity contribution is 5.55. The second-order valence-electron chi connectivity index (χ2n) is 4.24. The Kier molecular flexibility index (Phi) is 5.09. The molecule has 16 heavy (non-hydrogen) atoms. The normalized spacial score (nSPS) is 10.6. The SMILES string of the molecule is CCCNc1cncc(N(CC)C(C)C)c1. The molecular weight excluding hydrogens is 198 g/mol. The fourth-order valence-electron chi connectivity index (χ4n) is 1.80. The first-order valence-electron chi connectivity index (χ1n) is 6.14. The monoisotopic (exact) mass is 221 g/mol. The van der Waals surface area contributed by atoms with E-state index in [1.54, 1.807) is 0 Å². The topological polar surface area (TPSA) is 28.2 Å². The Hall–Kier alpha value is -1.25. The van der Waals surface area contributed by atoms with Gasteiger partial charge >= 0.3 is 0 Å². The van der Waals surface area contributed by atoms with Crippen LogP contribution in [-0.4, -0.2) is 24.1 Å². The number of hydrogen-bond acceptors (Lipinski definition) is 3. The maximum absolute atomic E-state index is 4.28. The number of rotatable bonds is 6. The van der Waals surface area contributed by atoms with Crippen LogP contribution in [0.15, 0.2) is 18.5 Å². The molecule has 0 aliphatic carbocycles. The minimum Gasteiger partial charge on any atom is -0.384 e. The quantitative estimate of drug-likeness (QED) is 0.800. The Morgan fingerprint density at radius 3 is 2.62 bits per heavy atom. The number of nitrogens with one attached hydrogen (secondary N) is 1. The van der Waals surface area contributed by atoms with Crippen LogP contribution in [0.3, 0.4) is 0 Å². The van der Waals surface area contributed by atoms with Crippen LogP contribution in [0.2, 0.25) is 0 Å². The molecule has 0 fully saturated rings. The summed E-state index contributed by atoms with van der Waals surface area (Å²) in [6.45, 7) is 10.8. The van der Waals surface area contributed by atoms with Gasteiger partial charge in [0.15, 0.2) is 0 Å². The summed E-state index contributed by atoms with van der Waals surface area (Å²) in [4.78, 5) is 6.62. The van der Waals surface area contributed by atoms with Gasteiger partial charge in [0.25, 0.3) is 0 Å². The van der Waals surface area contributed by atoms with E-state index in [2.05, 4.69) is 49.0 Å². The van der Waals surface area contributed by atoms with E-state index in [-0.39, 0.29) is 0 Å². The molecule has 1 aromatic heterocycles. The van der Waals surface area contributed by atoms with Gasteiger partial charge in [-0.2, -0.15) is 0 Å². The van der Waals surface area contributed by atoms with Gasteiger partial charge in [-0.1, -0.05) is 6.92 Å². The third-order valence-electron chi connectivity index (χ3n) is 2.60. The lowest BCUT2D eigenvalue weighted by Gasteiger charge is -2.27. The third kappa shape index (κ3) is 3.40. The summed E-state index contributed by atoms with van der Waals surface area (Å²) in [6, 6.07) is 2.68. The largest absolute Gasteiger partial charge is 0.384 e. The van der Waals surface area contributed by atoms with Crippen molar-refractivity contribution in [1.82, 2.24) is 4.98 Å². The predicted molar refractivity (Wildman–Crippen MR) is 71.2 cm³/mol.